The number of ether oxygens (including phenoxy) is 4. The Bertz CT molecular complexity index is 1390. The third-order valence-corrected chi connectivity index (χ3v) is 6.97. The zero-order valence-electron chi connectivity index (χ0n) is 19.4. The van der Waals surface area contributed by atoms with Crippen molar-refractivity contribution in [2.45, 2.75) is 18.6 Å². The summed E-state index contributed by atoms with van der Waals surface area (Å²) in [5, 5.41) is 0. The van der Waals surface area contributed by atoms with Crippen LogP contribution in [-0.2, 0) is 15.9 Å². The van der Waals surface area contributed by atoms with E-state index in [1.807, 2.05) is 6.07 Å². The standard InChI is InChI=1S/C31H26O4/c1-2-7-20(8-3-1)25-13-14-28(31(35-19-23-17-33-23)30(25)34-18-22-16-32-22)27-12-6-11-26-24-10-5-4-9-21(24)15-29(26)27/h1-14,22-23H,15-19H2. The monoisotopic (exact) mass is 462 g/mol. The normalized spacial score (nSPS) is 19.1. The first-order valence-electron chi connectivity index (χ1n) is 12.3. The summed E-state index contributed by atoms with van der Waals surface area (Å²) in [6, 6.07) is 30.0. The molecule has 2 saturated heterocycles. The van der Waals surface area contributed by atoms with Gasteiger partial charge in [0, 0.05) is 11.1 Å². The summed E-state index contributed by atoms with van der Waals surface area (Å²) in [5.74, 6) is 1.56. The fraction of sp³-hybridized carbons (Fsp3) is 0.226. The van der Waals surface area contributed by atoms with Crippen molar-refractivity contribution < 1.29 is 18.9 Å². The Hall–Kier alpha value is -3.60. The van der Waals surface area contributed by atoms with E-state index in [2.05, 4.69) is 78.9 Å². The maximum atomic E-state index is 6.51. The van der Waals surface area contributed by atoms with Crippen LogP contribution in [0.15, 0.2) is 84.9 Å². The van der Waals surface area contributed by atoms with E-state index < -0.39 is 0 Å². The van der Waals surface area contributed by atoms with Crippen molar-refractivity contribution in [3.63, 3.8) is 0 Å². The third kappa shape index (κ3) is 3.99. The molecule has 4 aromatic rings. The molecule has 35 heavy (non-hydrogen) atoms. The van der Waals surface area contributed by atoms with Crippen LogP contribution in [-0.4, -0.2) is 38.6 Å². The smallest absolute Gasteiger partial charge is 0.169 e. The first-order chi connectivity index (χ1) is 17.3. The highest BCUT2D eigenvalue weighted by atomic mass is 16.6. The van der Waals surface area contributed by atoms with Crippen molar-refractivity contribution in [1.82, 2.24) is 0 Å². The summed E-state index contributed by atoms with van der Waals surface area (Å²) in [5.41, 5.74) is 9.70. The second kappa shape index (κ2) is 8.56. The quantitative estimate of drug-likeness (QED) is 0.260. The van der Waals surface area contributed by atoms with E-state index in [9.17, 15) is 0 Å². The van der Waals surface area contributed by atoms with Crippen LogP contribution in [0.1, 0.15) is 11.1 Å². The predicted octanol–water partition coefficient (Wildman–Crippen LogP) is 6.15. The van der Waals surface area contributed by atoms with E-state index >= 15 is 0 Å². The van der Waals surface area contributed by atoms with Gasteiger partial charge in [0.05, 0.1) is 13.2 Å². The van der Waals surface area contributed by atoms with E-state index in [0.29, 0.717) is 13.2 Å². The topological polar surface area (TPSA) is 43.5 Å². The molecule has 1 aliphatic carbocycles. The summed E-state index contributed by atoms with van der Waals surface area (Å²) in [7, 11) is 0. The lowest BCUT2D eigenvalue weighted by Crippen LogP contribution is -2.10. The highest BCUT2D eigenvalue weighted by Crippen LogP contribution is 2.49. The minimum absolute atomic E-state index is 0.147. The first-order valence-corrected chi connectivity index (χ1v) is 12.3. The van der Waals surface area contributed by atoms with Crippen molar-refractivity contribution in [2.24, 2.45) is 0 Å². The zero-order valence-corrected chi connectivity index (χ0v) is 19.4. The molecule has 0 radical (unpaired) electrons. The molecule has 2 unspecified atom stereocenters. The lowest BCUT2D eigenvalue weighted by atomic mass is 9.92. The molecule has 0 N–H and O–H groups in total. The van der Waals surface area contributed by atoms with Crippen molar-refractivity contribution in [1.29, 1.82) is 0 Å². The van der Waals surface area contributed by atoms with Crippen molar-refractivity contribution >= 4 is 0 Å². The van der Waals surface area contributed by atoms with E-state index in [4.69, 9.17) is 18.9 Å². The number of rotatable bonds is 8. The predicted molar refractivity (Wildman–Crippen MR) is 136 cm³/mol. The summed E-state index contributed by atoms with van der Waals surface area (Å²) in [6.07, 6.45) is 1.21. The molecule has 2 aliphatic heterocycles. The number of fused-ring (bicyclic) bond motifs is 3. The van der Waals surface area contributed by atoms with E-state index in [1.54, 1.807) is 0 Å². The maximum absolute atomic E-state index is 6.51. The molecule has 7 rings (SSSR count). The van der Waals surface area contributed by atoms with Crippen LogP contribution < -0.4 is 9.47 Å². The molecular weight excluding hydrogens is 436 g/mol. The second-order valence-corrected chi connectivity index (χ2v) is 9.38. The highest BCUT2D eigenvalue weighted by Gasteiger charge is 2.30. The van der Waals surface area contributed by atoms with Gasteiger partial charge < -0.3 is 18.9 Å². The van der Waals surface area contributed by atoms with Gasteiger partial charge in [0.25, 0.3) is 0 Å². The van der Waals surface area contributed by atoms with Crippen molar-refractivity contribution in [2.75, 3.05) is 26.4 Å². The number of epoxide rings is 2. The van der Waals surface area contributed by atoms with Crippen LogP contribution in [0.2, 0.25) is 0 Å². The molecule has 2 heterocycles. The average Bonchev–Trinajstić information content (AvgIpc) is 3.84. The molecule has 174 valence electrons. The van der Waals surface area contributed by atoms with Crippen LogP contribution in [0.3, 0.4) is 0 Å². The number of hydrogen-bond acceptors (Lipinski definition) is 4. The molecule has 3 aliphatic rings. The lowest BCUT2D eigenvalue weighted by molar-refractivity contribution is 0.229. The Morgan fingerprint density at radius 2 is 1.14 bits per heavy atom. The van der Waals surface area contributed by atoms with Gasteiger partial charge in [-0.15, -0.1) is 0 Å². The molecule has 0 spiro atoms. The fourth-order valence-corrected chi connectivity index (χ4v) is 5.00. The van der Waals surface area contributed by atoms with Gasteiger partial charge in [-0.3, -0.25) is 0 Å². The summed E-state index contributed by atoms with van der Waals surface area (Å²) < 4.78 is 23.9. The van der Waals surface area contributed by atoms with E-state index in [-0.39, 0.29) is 12.2 Å². The Balaban J connectivity index is 1.39. The summed E-state index contributed by atoms with van der Waals surface area (Å²) in [4.78, 5) is 0. The fourth-order valence-electron chi connectivity index (χ4n) is 5.00. The van der Waals surface area contributed by atoms with Crippen LogP contribution in [0.4, 0.5) is 0 Å². The Kier molecular flexibility index (Phi) is 5.07. The van der Waals surface area contributed by atoms with E-state index in [0.717, 1.165) is 47.8 Å². The molecule has 2 atom stereocenters. The molecule has 4 nitrogen and oxygen atoms in total. The zero-order chi connectivity index (χ0) is 23.2. The SMILES string of the molecule is c1ccc(-c2ccc(-c3cccc4c3Cc3ccccc3-4)c(OCC3CO3)c2OCC2CO2)cc1. The highest BCUT2D eigenvalue weighted by molar-refractivity contribution is 5.89. The van der Waals surface area contributed by atoms with Crippen LogP contribution in [0.5, 0.6) is 11.5 Å². The number of benzene rings is 4. The van der Waals surface area contributed by atoms with Gasteiger partial charge in [-0.05, 0) is 51.9 Å². The van der Waals surface area contributed by atoms with Gasteiger partial charge in [0.15, 0.2) is 11.5 Å². The van der Waals surface area contributed by atoms with Crippen LogP contribution >= 0.6 is 0 Å². The molecule has 0 saturated carbocycles. The van der Waals surface area contributed by atoms with Gasteiger partial charge in [0.2, 0.25) is 0 Å². The third-order valence-electron chi connectivity index (χ3n) is 6.97. The second-order valence-electron chi connectivity index (χ2n) is 9.38. The minimum atomic E-state index is 0.147. The number of hydrogen-bond donors (Lipinski definition) is 0. The minimum Gasteiger partial charge on any atom is -0.486 e. The van der Waals surface area contributed by atoms with Gasteiger partial charge in [-0.1, -0.05) is 72.8 Å². The molecule has 2 fully saturated rings. The molecule has 0 aromatic heterocycles. The van der Waals surface area contributed by atoms with Gasteiger partial charge >= 0.3 is 0 Å². The largest absolute Gasteiger partial charge is 0.486 e. The van der Waals surface area contributed by atoms with Crippen LogP contribution in [0.25, 0.3) is 33.4 Å². The average molecular weight is 463 g/mol. The van der Waals surface area contributed by atoms with Gasteiger partial charge in [-0.2, -0.15) is 0 Å². The Labute approximate surface area is 205 Å². The van der Waals surface area contributed by atoms with E-state index in [1.165, 1.54) is 27.8 Å². The lowest BCUT2D eigenvalue weighted by Gasteiger charge is -2.21. The molecule has 0 amide bonds. The molecule has 4 aromatic carbocycles. The van der Waals surface area contributed by atoms with Gasteiger partial charge in [-0.25, -0.2) is 0 Å². The van der Waals surface area contributed by atoms with Gasteiger partial charge in [0.1, 0.15) is 25.4 Å². The van der Waals surface area contributed by atoms with Crippen molar-refractivity contribution in [3.8, 4) is 44.9 Å². The summed E-state index contributed by atoms with van der Waals surface area (Å²) in [6.45, 7) is 2.52. The molecule has 4 heteroatoms. The van der Waals surface area contributed by atoms with Crippen LogP contribution in [0, 0.1) is 0 Å². The first kappa shape index (κ1) is 20.7. The molecule has 0 bridgehead atoms. The maximum Gasteiger partial charge on any atom is 0.169 e. The Morgan fingerprint density at radius 1 is 0.571 bits per heavy atom. The summed E-state index contributed by atoms with van der Waals surface area (Å²) >= 11 is 0. The Morgan fingerprint density at radius 3 is 1.86 bits per heavy atom. The molecular formula is C31H26O4. The van der Waals surface area contributed by atoms with Crippen molar-refractivity contribution in [3.05, 3.63) is 96.1 Å².